The number of carbonyl (C=O) groups excluding carboxylic acids is 8. The Bertz CT molecular complexity index is 5720. The summed E-state index contributed by atoms with van der Waals surface area (Å²) < 4.78 is 54.2. The molecule has 0 unspecified atom stereocenters. The van der Waals surface area contributed by atoms with Crippen LogP contribution in [0.15, 0.2) is 152 Å². The summed E-state index contributed by atoms with van der Waals surface area (Å²) in [5.74, 6) is -3.32. The van der Waals surface area contributed by atoms with E-state index in [-0.39, 0.29) is 163 Å². The van der Waals surface area contributed by atoms with Gasteiger partial charge in [0.25, 0.3) is 5.91 Å². The Morgan fingerprint density at radius 3 is 1.47 bits per heavy atom. The van der Waals surface area contributed by atoms with Gasteiger partial charge in [0, 0.05) is 77.3 Å². The molecule has 38 nitrogen and oxygen atoms in total. The minimum absolute atomic E-state index is 0. The Hall–Kier alpha value is -12.6. The van der Waals surface area contributed by atoms with Gasteiger partial charge >= 0.3 is 90.5 Å². The Labute approximate surface area is 727 Å². The van der Waals surface area contributed by atoms with Crippen LogP contribution in [0.25, 0.3) is 16.9 Å². The van der Waals surface area contributed by atoms with Crippen LogP contribution in [0.2, 0.25) is 5.02 Å². The van der Waals surface area contributed by atoms with Crippen molar-refractivity contribution in [2.45, 2.75) is 159 Å². The maximum Gasteiger partial charge on any atom is 1.00 e. The van der Waals surface area contributed by atoms with E-state index in [1.54, 1.807) is 156 Å². The number of H-pyrrole nitrogens is 3. The van der Waals surface area contributed by atoms with Gasteiger partial charge in [0.1, 0.15) is 28.4 Å². The maximum atomic E-state index is 13.4. The number of rotatable bonds is 15. The summed E-state index contributed by atoms with van der Waals surface area (Å²) in [4.78, 5) is 175. The molecule has 14 rings (SSSR count). The summed E-state index contributed by atoms with van der Waals surface area (Å²) in [6.45, 7) is 26.2. The van der Waals surface area contributed by atoms with Crippen LogP contribution in [0.4, 0.5) is 14.0 Å². The van der Waals surface area contributed by atoms with Crippen LogP contribution >= 0.6 is 11.6 Å². The Morgan fingerprint density at radius 1 is 0.548 bits per heavy atom. The summed E-state index contributed by atoms with van der Waals surface area (Å²) in [5, 5.41) is 23.1. The predicted octanol–water partition coefficient (Wildman–Crippen LogP) is 2.67. The number of carbonyl (C=O) groups is 8. The number of aromatic amines is 3. The smallest absolute Gasteiger partial charge is 0.870 e. The third kappa shape index (κ3) is 24.9. The molecule has 42 heteroatoms. The van der Waals surface area contributed by atoms with Crippen LogP contribution in [-0.2, 0) is 92.0 Å². The summed E-state index contributed by atoms with van der Waals surface area (Å²) in [6, 6.07) is 30.6. The molecule has 8 N–H and O–H groups in total. The summed E-state index contributed by atoms with van der Waals surface area (Å²) in [7, 11) is -1.34. The molecule has 0 atom stereocenters. The van der Waals surface area contributed by atoms with E-state index in [1.807, 2.05) is 32.0 Å². The van der Waals surface area contributed by atoms with E-state index in [4.69, 9.17) is 50.1 Å². The predicted molar refractivity (Wildman–Crippen MR) is 446 cm³/mol. The molecule has 0 fully saturated rings. The minimum Gasteiger partial charge on any atom is -0.870 e. The van der Waals surface area contributed by atoms with Gasteiger partial charge in [-0.25, -0.2) is 57.1 Å². The van der Waals surface area contributed by atoms with Crippen molar-refractivity contribution >= 4 is 77.6 Å². The SMILES string of the molecule is CC(C)NC(=O)c1c2n(c(=O)n1-c1ccccc1)CCN(C(=O)Cc1ccc(F)c(Cl)c1)C2.CCOC(=O)c1[nH]c(=O)n2c1CN(C(=O)OC(C)(C)C)CC2.CCOC(=O)c1[nH]c(=O)n2c1CNCC2.CCOC(=O)c1[nH]c(=O)n2ccncc12.CCOC(=O)c1c2n(c(=O)n1-c1ccccc1)CCN(C(=O)OC(C)(C)C)C2.OB(O)c1ccccc1.[Li+].[OH-]. The molecule has 0 bridgehead atoms. The van der Waals surface area contributed by atoms with Gasteiger partial charge in [-0.3, -0.25) is 61.3 Å². The number of imidazole rings is 5. The van der Waals surface area contributed by atoms with Crippen LogP contribution in [0.1, 0.15) is 164 Å². The van der Waals surface area contributed by atoms with Gasteiger partial charge in [-0.05, 0) is 131 Å². The molecule has 6 aromatic heterocycles. The average Bonchev–Trinajstić information content (AvgIpc) is 1.60. The van der Waals surface area contributed by atoms with Crippen molar-refractivity contribution in [3.05, 3.63) is 248 Å². The van der Waals surface area contributed by atoms with E-state index in [0.717, 1.165) is 6.54 Å². The molecule has 10 heterocycles. The van der Waals surface area contributed by atoms with E-state index in [0.29, 0.717) is 96.6 Å². The van der Waals surface area contributed by atoms with Crippen molar-refractivity contribution in [1.82, 2.24) is 77.1 Å². The topological polar surface area (TPSA) is 476 Å². The first-order valence-electron chi connectivity index (χ1n) is 39.3. The fourth-order valence-corrected chi connectivity index (χ4v) is 13.2. The molecule has 124 heavy (non-hydrogen) atoms. The number of halogens is 2. The van der Waals surface area contributed by atoms with Gasteiger partial charge in [-0.15, -0.1) is 0 Å². The molecular weight excluding hydrogens is 1630 g/mol. The number of fused-ring (bicyclic) bond motifs is 5. The zero-order valence-electron chi connectivity index (χ0n) is 71.1. The van der Waals surface area contributed by atoms with Gasteiger partial charge < -0.3 is 69.3 Å². The first-order chi connectivity index (χ1) is 58.0. The normalized spacial score (nSPS) is 12.9. The standard InChI is InChI=1S/C24H24ClFN4O3.C20H25N3O5.C14H21N3O5.C9H13N3O3.C9H9N3O3.C6H7BO2.Li.H2O/c1-15(2)27-23(32)22-20-14-28(21(31)13-16-8-9-19(26)18(25)12-16)10-11-29(20)24(33)30(22)17-6-4-3-5-7-17;1-5-27-17(24)16-15-13-21(19(26)28-20(2,3)4)11-12-22(15)18(25)23(16)14-9-7-6-8-10-14;1-5-21-11(18)10-9-8-16(13(20)22-14(2,3)4)6-7-17(9)12(19)15-10;2*1-2-15-8(13)7-6-5-10-3-4-12(6)9(14)11-7;8-7(9)6-4-2-1-3-5-6;;/h3-9,12,15H,10-11,13-14H2,1-2H3,(H,27,32);6-10H,5,11-13H2,1-4H3;5-8H2,1-4H3,(H,15,19);10H,2-5H2,1H3,(H,11,14);3-5H,2H2,1H3,(H,11,14);1-5,8-9H;;1H2/q;;;;;;+1;/p-1. The molecule has 4 aromatic carbocycles. The summed E-state index contributed by atoms with van der Waals surface area (Å²) in [6.07, 6.45) is 3.48. The molecule has 4 aliphatic heterocycles. The number of hydrogen-bond donors (Lipinski definition) is 7. The fraction of sp³-hybridized carbons (Fsp3) is 0.390. The maximum absolute atomic E-state index is 13.4. The minimum atomic E-state index is -1.34. The number of ether oxygens (including phenoxy) is 6. The second-order valence-electron chi connectivity index (χ2n) is 29.8. The van der Waals surface area contributed by atoms with Crippen molar-refractivity contribution in [3.8, 4) is 11.4 Å². The van der Waals surface area contributed by atoms with E-state index >= 15 is 0 Å². The van der Waals surface area contributed by atoms with Crippen molar-refractivity contribution in [2.24, 2.45) is 0 Å². The van der Waals surface area contributed by atoms with Gasteiger partial charge in [0.15, 0.2) is 17.1 Å². The zero-order valence-corrected chi connectivity index (χ0v) is 71.8. The van der Waals surface area contributed by atoms with Crippen LogP contribution in [0, 0.1) is 5.82 Å². The quantitative estimate of drug-likeness (QED) is 0.0440. The Balaban J connectivity index is 0.000000212. The first-order valence-corrected chi connectivity index (χ1v) is 39.6. The molecule has 4 aliphatic rings. The van der Waals surface area contributed by atoms with E-state index < -0.39 is 60.2 Å². The van der Waals surface area contributed by atoms with E-state index in [9.17, 15) is 66.7 Å². The van der Waals surface area contributed by atoms with E-state index in [2.05, 4.69) is 30.6 Å². The fourth-order valence-electron chi connectivity index (χ4n) is 13.0. The number of benzene rings is 4. The number of aromatic nitrogens is 11. The number of hydrogen-bond acceptors (Lipinski definition) is 24. The first kappa shape index (κ1) is 98.5. The zero-order chi connectivity index (χ0) is 89.0. The van der Waals surface area contributed by atoms with Crippen LogP contribution in [0.5, 0.6) is 0 Å². The second kappa shape index (κ2) is 44.5. The third-order valence-corrected chi connectivity index (χ3v) is 18.7. The molecule has 0 saturated heterocycles. The van der Waals surface area contributed by atoms with Gasteiger partial charge in [-0.2, -0.15) is 0 Å². The number of amides is 4. The molecule has 10 aromatic rings. The van der Waals surface area contributed by atoms with Crippen LogP contribution in [-0.4, -0.2) is 207 Å². The van der Waals surface area contributed by atoms with Gasteiger partial charge in [0.05, 0.1) is 103 Å². The monoisotopic (exact) mass is 1730 g/mol. The summed E-state index contributed by atoms with van der Waals surface area (Å²) in [5.41, 5.74) is 2.75. The molecule has 0 aliphatic carbocycles. The largest absolute Gasteiger partial charge is 1.00 e. The molecule has 0 radical (unpaired) electrons. The number of nitrogens with one attached hydrogen (secondary N) is 5. The van der Waals surface area contributed by atoms with E-state index in [1.165, 1.54) is 69.3 Å². The molecule has 4 amide bonds. The summed E-state index contributed by atoms with van der Waals surface area (Å²) >= 11 is 5.84. The average molecular weight is 1730 g/mol. The van der Waals surface area contributed by atoms with Crippen LogP contribution < -0.4 is 63.4 Å². The molecule has 0 spiro atoms. The van der Waals surface area contributed by atoms with Crippen molar-refractivity contribution in [1.29, 1.82) is 0 Å². The number of para-hydroxylation sites is 2. The molecule has 0 saturated carbocycles. The molecular formula is C82H100BClFLiN16O22. The van der Waals surface area contributed by atoms with Gasteiger partial charge in [0.2, 0.25) is 5.91 Å². The number of nitrogens with zero attached hydrogens (tertiary/aromatic N) is 11. The second-order valence-corrected chi connectivity index (χ2v) is 30.2. The van der Waals surface area contributed by atoms with Crippen molar-refractivity contribution in [3.63, 3.8) is 0 Å². The Morgan fingerprint density at radius 2 is 0.984 bits per heavy atom. The number of esters is 4. The third-order valence-electron chi connectivity index (χ3n) is 18.4. The van der Waals surface area contributed by atoms with Crippen molar-refractivity contribution in [2.75, 3.05) is 52.6 Å². The van der Waals surface area contributed by atoms with Crippen LogP contribution in [0.3, 0.4) is 0 Å². The molecule has 658 valence electrons. The Kier molecular flexibility index (Phi) is 35.3. The van der Waals surface area contributed by atoms with Crippen molar-refractivity contribution < 1.29 is 106 Å². The van der Waals surface area contributed by atoms with Gasteiger partial charge in [-0.1, -0.05) is 84.4 Å².